The Kier molecular flexibility index (Phi) is 5.33. The number of nitrogens with one attached hydrogen (secondary N) is 1. The molecule has 1 atom stereocenters. The first kappa shape index (κ1) is 15.9. The average Bonchev–Trinajstić information content (AvgIpc) is 2.43. The maximum atomic E-state index is 14.1. The summed E-state index contributed by atoms with van der Waals surface area (Å²) in [5, 5.41) is 0. The smallest absolute Gasteiger partial charge is 0.129 e. The third kappa shape index (κ3) is 4.03. The van der Waals surface area contributed by atoms with E-state index in [0.717, 1.165) is 11.3 Å². The molecule has 0 radical (unpaired) electrons. The van der Waals surface area contributed by atoms with Crippen LogP contribution in [0.2, 0.25) is 0 Å². The monoisotopic (exact) mass is 352 g/mol. The van der Waals surface area contributed by atoms with Crippen LogP contribution in [0.3, 0.4) is 0 Å². The molecule has 0 spiro atoms. The minimum Gasteiger partial charge on any atom is -0.491 e. The summed E-state index contributed by atoms with van der Waals surface area (Å²) in [5.74, 6) is 6.07. The maximum absolute atomic E-state index is 14.1. The zero-order chi connectivity index (χ0) is 15.4. The van der Waals surface area contributed by atoms with Gasteiger partial charge in [0.25, 0.3) is 0 Å². The third-order valence-corrected chi connectivity index (χ3v) is 3.52. The number of halogens is 2. The molecular formula is C16H18BrFN2O. The number of nitrogens with two attached hydrogens (primary N) is 1. The van der Waals surface area contributed by atoms with Gasteiger partial charge in [0.1, 0.15) is 11.6 Å². The van der Waals surface area contributed by atoms with Crippen molar-refractivity contribution in [3.63, 3.8) is 0 Å². The van der Waals surface area contributed by atoms with E-state index in [1.54, 1.807) is 12.1 Å². The number of hydrogen-bond acceptors (Lipinski definition) is 3. The Bertz CT molecular complexity index is 602. The van der Waals surface area contributed by atoms with Gasteiger partial charge in [-0.3, -0.25) is 5.84 Å². The lowest BCUT2D eigenvalue weighted by Gasteiger charge is -2.18. The third-order valence-electron chi connectivity index (χ3n) is 3.03. The highest BCUT2D eigenvalue weighted by atomic mass is 79.9. The highest BCUT2D eigenvalue weighted by molar-refractivity contribution is 9.10. The van der Waals surface area contributed by atoms with E-state index in [0.29, 0.717) is 10.0 Å². The molecule has 5 heteroatoms. The van der Waals surface area contributed by atoms with Crippen LogP contribution in [0, 0.1) is 5.82 Å². The second-order valence-electron chi connectivity index (χ2n) is 5.00. The molecule has 0 heterocycles. The van der Waals surface area contributed by atoms with E-state index in [4.69, 9.17) is 10.6 Å². The van der Waals surface area contributed by atoms with E-state index in [1.807, 2.05) is 38.1 Å². The van der Waals surface area contributed by atoms with Crippen LogP contribution in [0.5, 0.6) is 5.75 Å². The molecule has 0 saturated carbocycles. The van der Waals surface area contributed by atoms with Crippen molar-refractivity contribution < 1.29 is 9.13 Å². The summed E-state index contributed by atoms with van der Waals surface area (Å²) in [4.78, 5) is 0. The van der Waals surface area contributed by atoms with Gasteiger partial charge < -0.3 is 4.74 Å². The van der Waals surface area contributed by atoms with Gasteiger partial charge in [-0.15, -0.1) is 0 Å². The molecule has 21 heavy (non-hydrogen) atoms. The predicted molar refractivity (Wildman–Crippen MR) is 85.5 cm³/mol. The number of ether oxygens (including phenoxy) is 1. The molecule has 0 aliphatic heterocycles. The molecule has 3 N–H and O–H groups in total. The van der Waals surface area contributed by atoms with Crippen LogP contribution in [-0.4, -0.2) is 6.10 Å². The van der Waals surface area contributed by atoms with Crippen molar-refractivity contribution in [2.45, 2.75) is 26.0 Å². The number of benzene rings is 2. The molecule has 112 valence electrons. The largest absolute Gasteiger partial charge is 0.491 e. The van der Waals surface area contributed by atoms with Crippen molar-refractivity contribution in [2.24, 2.45) is 5.84 Å². The molecule has 2 aromatic rings. The lowest BCUT2D eigenvalue weighted by atomic mass is 9.99. The normalized spacial score (nSPS) is 12.5. The first-order chi connectivity index (χ1) is 10.0. The lowest BCUT2D eigenvalue weighted by Crippen LogP contribution is -2.29. The fourth-order valence-corrected chi connectivity index (χ4v) is 2.45. The second kappa shape index (κ2) is 7.02. The zero-order valence-electron chi connectivity index (χ0n) is 11.9. The van der Waals surface area contributed by atoms with Crippen LogP contribution in [0.15, 0.2) is 46.9 Å². The van der Waals surface area contributed by atoms with Crippen molar-refractivity contribution in [1.82, 2.24) is 5.43 Å². The summed E-state index contributed by atoms with van der Waals surface area (Å²) in [6.07, 6.45) is 0.114. The molecule has 0 bridgehead atoms. The first-order valence-electron chi connectivity index (χ1n) is 6.69. The molecule has 2 aromatic carbocycles. The van der Waals surface area contributed by atoms with Gasteiger partial charge in [0.15, 0.2) is 0 Å². The van der Waals surface area contributed by atoms with Crippen LogP contribution in [0.25, 0.3) is 0 Å². The van der Waals surface area contributed by atoms with E-state index < -0.39 is 6.04 Å². The molecule has 0 aliphatic rings. The van der Waals surface area contributed by atoms with Crippen molar-refractivity contribution in [1.29, 1.82) is 0 Å². The summed E-state index contributed by atoms with van der Waals surface area (Å²) in [5.41, 5.74) is 4.03. The van der Waals surface area contributed by atoms with Gasteiger partial charge in [-0.25, -0.2) is 9.82 Å². The van der Waals surface area contributed by atoms with Crippen LogP contribution < -0.4 is 16.0 Å². The average molecular weight is 353 g/mol. The van der Waals surface area contributed by atoms with Gasteiger partial charge in [-0.05, 0) is 43.7 Å². The van der Waals surface area contributed by atoms with Gasteiger partial charge >= 0.3 is 0 Å². The Hall–Kier alpha value is -1.43. The van der Waals surface area contributed by atoms with Crippen molar-refractivity contribution in [3.05, 3.63) is 63.9 Å². The standard InChI is InChI=1S/C16H18BrFN2O/c1-10(2)21-13-6-3-11(4-7-13)16(20-19)14-8-5-12(17)9-15(14)18/h3-10,16,20H,19H2,1-2H3. The maximum Gasteiger partial charge on any atom is 0.129 e. The molecule has 0 saturated heterocycles. The Morgan fingerprint density at radius 3 is 2.33 bits per heavy atom. The highest BCUT2D eigenvalue weighted by Gasteiger charge is 2.17. The van der Waals surface area contributed by atoms with Crippen LogP contribution >= 0.6 is 15.9 Å². The SMILES string of the molecule is CC(C)Oc1ccc(C(NN)c2ccc(Br)cc2F)cc1. The molecular weight excluding hydrogens is 335 g/mol. The summed E-state index contributed by atoms with van der Waals surface area (Å²) in [7, 11) is 0. The number of rotatable bonds is 5. The topological polar surface area (TPSA) is 47.3 Å². The lowest BCUT2D eigenvalue weighted by molar-refractivity contribution is 0.242. The molecule has 3 nitrogen and oxygen atoms in total. The van der Waals surface area contributed by atoms with Crippen LogP contribution in [-0.2, 0) is 0 Å². The van der Waals surface area contributed by atoms with E-state index in [1.165, 1.54) is 6.07 Å². The Labute approximate surface area is 132 Å². The van der Waals surface area contributed by atoms with Gasteiger partial charge in [0.2, 0.25) is 0 Å². The van der Waals surface area contributed by atoms with Crippen LogP contribution in [0.1, 0.15) is 31.0 Å². The van der Waals surface area contributed by atoms with Gasteiger partial charge in [0, 0.05) is 10.0 Å². The summed E-state index contributed by atoms with van der Waals surface area (Å²) in [6.45, 7) is 3.94. The Balaban J connectivity index is 2.28. The number of hydrogen-bond donors (Lipinski definition) is 2. The number of hydrazine groups is 1. The molecule has 0 amide bonds. The molecule has 0 aromatic heterocycles. The van der Waals surface area contributed by atoms with Crippen molar-refractivity contribution >= 4 is 15.9 Å². The molecule has 0 aliphatic carbocycles. The Morgan fingerprint density at radius 1 is 1.14 bits per heavy atom. The van der Waals surface area contributed by atoms with E-state index in [9.17, 15) is 4.39 Å². The minimum atomic E-state index is -0.411. The first-order valence-corrected chi connectivity index (χ1v) is 7.48. The van der Waals surface area contributed by atoms with E-state index in [-0.39, 0.29) is 11.9 Å². The second-order valence-corrected chi connectivity index (χ2v) is 5.92. The summed E-state index contributed by atoms with van der Waals surface area (Å²) >= 11 is 3.25. The van der Waals surface area contributed by atoms with E-state index >= 15 is 0 Å². The van der Waals surface area contributed by atoms with Gasteiger partial charge in [0.05, 0.1) is 12.1 Å². The van der Waals surface area contributed by atoms with Gasteiger partial charge in [-0.1, -0.05) is 34.1 Å². The summed E-state index contributed by atoms with van der Waals surface area (Å²) in [6, 6.07) is 12.0. The van der Waals surface area contributed by atoms with Gasteiger partial charge in [-0.2, -0.15) is 0 Å². The quantitative estimate of drug-likeness (QED) is 0.633. The Morgan fingerprint density at radius 2 is 1.81 bits per heavy atom. The highest BCUT2D eigenvalue weighted by Crippen LogP contribution is 2.27. The molecule has 1 unspecified atom stereocenters. The van der Waals surface area contributed by atoms with Crippen molar-refractivity contribution in [2.75, 3.05) is 0 Å². The van der Waals surface area contributed by atoms with E-state index in [2.05, 4.69) is 21.4 Å². The fraction of sp³-hybridized carbons (Fsp3) is 0.250. The summed E-state index contributed by atoms with van der Waals surface area (Å²) < 4.78 is 20.4. The minimum absolute atomic E-state index is 0.114. The van der Waals surface area contributed by atoms with Crippen LogP contribution in [0.4, 0.5) is 4.39 Å². The fourth-order valence-electron chi connectivity index (χ4n) is 2.11. The van der Waals surface area contributed by atoms with Crippen molar-refractivity contribution in [3.8, 4) is 5.75 Å². The zero-order valence-corrected chi connectivity index (χ0v) is 13.5. The predicted octanol–water partition coefficient (Wildman–Crippen LogP) is 3.93. The molecule has 0 fully saturated rings. The molecule has 2 rings (SSSR count).